The zero-order valence-electron chi connectivity index (χ0n) is 11.1. The van der Waals surface area contributed by atoms with E-state index in [9.17, 15) is 9.90 Å². The molecular weight excluding hydrogens is 242 g/mol. The van der Waals surface area contributed by atoms with Crippen LogP contribution in [0.2, 0.25) is 0 Å². The van der Waals surface area contributed by atoms with E-state index < -0.39 is 6.10 Å². The molecule has 0 bridgehead atoms. The van der Waals surface area contributed by atoms with Gasteiger partial charge in [-0.1, -0.05) is 25.1 Å². The van der Waals surface area contributed by atoms with Crippen LogP contribution in [-0.2, 0) is 4.79 Å². The number of aliphatic hydroxyl groups excluding tert-OH is 1. The highest BCUT2D eigenvalue weighted by Crippen LogP contribution is 2.44. The molecule has 19 heavy (non-hydrogen) atoms. The number of aliphatic hydroxyl groups is 1. The van der Waals surface area contributed by atoms with Gasteiger partial charge in [-0.2, -0.15) is 0 Å². The molecule has 1 heterocycles. The first-order valence-electron chi connectivity index (χ1n) is 6.79. The van der Waals surface area contributed by atoms with E-state index in [1.165, 1.54) is 0 Å². The van der Waals surface area contributed by atoms with Crippen LogP contribution < -0.4 is 10.1 Å². The van der Waals surface area contributed by atoms with Crippen molar-refractivity contribution in [1.29, 1.82) is 0 Å². The minimum Gasteiger partial charge on any atom is -0.480 e. The normalized spacial score (nSPS) is 26.4. The quantitative estimate of drug-likeness (QED) is 0.862. The van der Waals surface area contributed by atoms with Crippen LogP contribution >= 0.6 is 0 Å². The van der Waals surface area contributed by atoms with Crippen LogP contribution in [0.5, 0.6) is 5.75 Å². The van der Waals surface area contributed by atoms with Gasteiger partial charge in [0.1, 0.15) is 5.75 Å². The molecule has 4 nitrogen and oxygen atoms in total. The second kappa shape index (κ2) is 4.53. The molecule has 0 aromatic heterocycles. The second-order valence-electron chi connectivity index (χ2n) is 5.74. The van der Waals surface area contributed by atoms with Crippen molar-refractivity contribution in [2.24, 2.45) is 5.41 Å². The summed E-state index contributed by atoms with van der Waals surface area (Å²) in [5.74, 6) is 0.794. The third kappa shape index (κ3) is 2.21. The van der Waals surface area contributed by atoms with Crippen molar-refractivity contribution in [3.8, 4) is 5.75 Å². The number of para-hydroxylation sites is 1. The summed E-state index contributed by atoms with van der Waals surface area (Å²) in [4.78, 5) is 12.2. The van der Waals surface area contributed by atoms with Crippen molar-refractivity contribution in [3.63, 3.8) is 0 Å². The Kier molecular flexibility index (Phi) is 2.97. The molecule has 2 atom stereocenters. The minimum atomic E-state index is -0.452. The number of amides is 1. The molecule has 0 saturated heterocycles. The zero-order chi connectivity index (χ0) is 13.5. The maximum atomic E-state index is 12.2. The highest BCUT2D eigenvalue weighted by atomic mass is 16.5. The molecule has 2 N–H and O–H groups in total. The van der Waals surface area contributed by atoms with Crippen molar-refractivity contribution in [3.05, 3.63) is 29.8 Å². The van der Waals surface area contributed by atoms with Gasteiger partial charge in [0.2, 0.25) is 0 Å². The number of rotatable bonds is 4. The first kappa shape index (κ1) is 12.5. The highest BCUT2D eigenvalue weighted by Gasteiger charge is 2.43. The average molecular weight is 261 g/mol. The summed E-state index contributed by atoms with van der Waals surface area (Å²) < 4.78 is 5.73. The molecule has 3 rings (SSSR count). The van der Waals surface area contributed by atoms with Gasteiger partial charge in [-0.15, -0.1) is 0 Å². The Labute approximate surface area is 112 Å². The van der Waals surface area contributed by atoms with E-state index in [4.69, 9.17) is 4.74 Å². The third-order valence-corrected chi connectivity index (χ3v) is 4.31. The standard InChI is InChI=1S/C15H19NO3/c1-10-11-4-2-3-5-12(11)19-13(10)14(18)16-8-15(9-17)6-7-15/h2-5,10,13,17H,6-9H2,1H3,(H,16,18). The number of benzene rings is 1. The molecule has 0 spiro atoms. The van der Waals surface area contributed by atoms with Gasteiger partial charge in [0.25, 0.3) is 5.91 Å². The van der Waals surface area contributed by atoms with Crippen LogP contribution in [0, 0.1) is 5.41 Å². The molecule has 1 aromatic rings. The number of fused-ring (bicyclic) bond motifs is 1. The molecule has 1 aliphatic carbocycles. The Bertz CT molecular complexity index is 496. The van der Waals surface area contributed by atoms with Crippen LogP contribution in [0.3, 0.4) is 0 Å². The zero-order valence-corrected chi connectivity index (χ0v) is 11.1. The Morgan fingerprint density at radius 3 is 2.84 bits per heavy atom. The summed E-state index contributed by atoms with van der Waals surface area (Å²) in [6.45, 7) is 2.70. The van der Waals surface area contributed by atoms with Crippen LogP contribution in [0.4, 0.5) is 0 Å². The predicted octanol–water partition coefficient (Wildman–Crippen LogP) is 1.44. The Balaban J connectivity index is 1.63. The molecule has 2 unspecified atom stereocenters. The van der Waals surface area contributed by atoms with Gasteiger partial charge in [-0.05, 0) is 18.9 Å². The van der Waals surface area contributed by atoms with Gasteiger partial charge < -0.3 is 15.2 Å². The van der Waals surface area contributed by atoms with Gasteiger partial charge in [-0.3, -0.25) is 4.79 Å². The average Bonchev–Trinajstić information content (AvgIpc) is 3.15. The first-order valence-corrected chi connectivity index (χ1v) is 6.79. The van der Waals surface area contributed by atoms with Gasteiger partial charge in [-0.25, -0.2) is 0 Å². The maximum Gasteiger partial charge on any atom is 0.261 e. The molecular formula is C15H19NO3. The summed E-state index contributed by atoms with van der Waals surface area (Å²) in [6, 6.07) is 7.78. The molecule has 1 fully saturated rings. The van der Waals surface area contributed by atoms with Crippen LogP contribution in [0.25, 0.3) is 0 Å². The summed E-state index contributed by atoms with van der Waals surface area (Å²) >= 11 is 0. The van der Waals surface area contributed by atoms with Gasteiger partial charge in [0.15, 0.2) is 6.10 Å². The molecule has 1 amide bonds. The maximum absolute atomic E-state index is 12.2. The monoisotopic (exact) mass is 261 g/mol. The highest BCUT2D eigenvalue weighted by molar-refractivity contribution is 5.83. The third-order valence-electron chi connectivity index (χ3n) is 4.31. The van der Waals surface area contributed by atoms with E-state index in [0.717, 1.165) is 24.2 Å². The number of ether oxygens (including phenoxy) is 1. The lowest BCUT2D eigenvalue weighted by Crippen LogP contribution is -2.42. The largest absolute Gasteiger partial charge is 0.480 e. The fourth-order valence-corrected chi connectivity index (χ4v) is 2.59. The lowest BCUT2D eigenvalue weighted by atomic mass is 9.97. The summed E-state index contributed by atoms with van der Waals surface area (Å²) in [5, 5.41) is 12.2. The van der Waals surface area contributed by atoms with Gasteiger partial charge in [0, 0.05) is 23.4 Å². The van der Waals surface area contributed by atoms with Crippen molar-refractivity contribution >= 4 is 5.91 Å². The number of nitrogens with one attached hydrogen (secondary N) is 1. The van der Waals surface area contributed by atoms with Crippen LogP contribution in [0.15, 0.2) is 24.3 Å². The fourth-order valence-electron chi connectivity index (χ4n) is 2.59. The molecule has 1 aromatic carbocycles. The smallest absolute Gasteiger partial charge is 0.261 e. The summed E-state index contributed by atoms with van der Waals surface area (Å²) in [6.07, 6.45) is 1.53. The van der Waals surface area contributed by atoms with Crippen molar-refractivity contribution in [1.82, 2.24) is 5.32 Å². The topological polar surface area (TPSA) is 58.6 Å². The number of carbonyl (C=O) groups excluding carboxylic acids is 1. The van der Waals surface area contributed by atoms with E-state index in [1.54, 1.807) is 0 Å². The summed E-state index contributed by atoms with van der Waals surface area (Å²) in [7, 11) is 0. The van der Waals surface area contributed by atoms with Gasteiger partial charge >= 0.3 is 0 Å². The van der Waals surface area contributed by atoms with E-state index in [-0.39, 0.29) is 23.8 Å². The SMILES string of the molecule is CC1c2ccccc2OC1C(=O)NCC1(CO)CC1. The molecule has 1 saturated carbocycles. The van der Waals surface area contributed by atoms with Crippen molar-refractivity contribution in [2.75, 3.05) is 13.2 Å². The number of hydrogen-bond donors (Lipinski definition) is 2. The van der Waals surface area contributed by atoms with Crippen molar-refractivity contribution < 1.29 is 14.6 Å². The summed E-state index contributed by atoms with van der Waals surface area (Å²) in [5.41, 5.74) is 1.02. The van der Waals surface area contributed by atoms with E-state index in [0.29, 0.717) is 6.54 Å². The van der Waals surface area contributed by atoms with E-state index >= 15 is 0 Å². The number of carbonyl (C=O) groups is 1. The molecule has 0 radical (unpaired) electrons. The van der Waals surface area contributed by atoms with E-state index in [1.807, 2.05) is 31.2 Å². The Morgan fingerprint density at radius 2 is 2.21 bits per heavy atom. The van der Waals surface area contributed by atoms with Gasteiger partial charge in [0.05, 0.1) is 6.61 Å². The Hall–Kier alpha value is -1.55. The second-order valence-corrected chi connectivity index (χ2v) is 5.74. The van der Waals surface area contributed by atoms with Crippen LogP contribution in [0.1, 0.15) is 31.2 Å². The lowest BCUT2D eigenvalue weighted by molar-refractivity contribution is -0.128. The molecule has 4 heteroatoms. The lowest BCUT2D eigenvalue weighted by Gasteiger charge is -2.18. The minimum absolute atomic E-state index is 0.0651. The predicted molar refractivity (Wildman–Crippen MR) is 71.0 cm³/mol. The molecule has 1 aliphatic heterocycles. The molecule has 2 aliphatic rings. The number of hydrogen-bond acceptors (Lipinski definition) is 3. The fraction of sp³-hybridized carbons (Fsp3) is 0.533. The first-order chi connectivity index (χ1) is 9.15. The van der Waals surface area contributed by atoms with Crippen molar-refractivity contribution in [2.45, 2.75) is 31.8 Å². The van der Waals surface area contributed by atoms with E-state index in [2.05, 4.69) is 5.32 Å². The molecule has 102 valence electrons. The Morgan fingerprint density at radius 1 is 1.47 bits per heavy atom. The van der Waals surface area contributed by atoms with Crippen LogP contribution in [-0.4, -0.2) is 30.3 Å².